The van der Waals surface area contributed by atoms with E-state index in [4.69, 9.17) is 10.00 Å². The summed E-state index contributed by atoms with van der Waals surface area (Å²) in [5.41, 5.74) is 0. The second-order valence-corrected chi connectivity index (χ2v) is 4.68. The molecule has 0 aromatic rings. The molecule has 0 aromatic carbocycles. The molecule has 0 spiro atoms. The Balaban J connectivity index is 2.05. The molecule has 4 nitrogen and oxygen atoms in total. The largest absolute Gasteiger partial charge is 0.465 e. The fourth-order valence-electron chi connectivity index (χ4n) is 2.99. The summed E-state index contributed by atoms with van der Waals surface area (Å²) < 4.78 is 4.98. The van der Waals surface area contributed by atoms with Crippen LogP contribution in [0.3, 0.4) is 0 Å². The number of piperidine rings is 1. The maximum absolute atomic E-state index is 11.7. The van der Waals surface area contributed by atoms with Gasteiger partial charge in [0.15, 0.2) is 0 Å². The first-order chi connectivity index (χ1) is 7.76. The third-order valence-corrected chi connectivity index (χ3v) is 3.72. The number of nitriles is 1. The Bertz CT molecular complexity index is 311. The van der Waals surface area contributed by atoms with Crippen LogP contribution < -0.4 is 0 Å². The molecule has 0 N–H and O–H groups in total. The molecular formula is C12H18N2O2. The number of ether oxygens (including phenoxy) is 1. The molecule has 2 aliphatic rings. The number of nitrogens with zero attached hydrogens (tertiary/aromatic N) is 2. The standard InChI is InChI=1S/C12H18N2O2/c1-2-16-12(15)10(6-13)11-8-14-5-3-4-9(11)7-14/h9-11H,2-5,7-8H2,1H3. The molecule has 0 radical (unpaired) electrons. The second-order valence-electron chi connectivity index (χ2n) is 4.68. The summed E-state index contributed by atoms with van der Waals surface area (Å²) in [7, 11) is 0. The van der Waals surface area contributed by atoms with Crippen LogP contribution in [0.1, 0.15) is 19.8 Å². The molecule has 0 amide bonds. The Morgan fingerprint density at radius 1 is 1.62 bits per heavy atom. The zero-order chi connectivity index (χ0) is 11.5. The molecule has 0 saturated carbocycles. The van der Waals surface area contributed by atoms with Crippen LogP contribution in [0.15, 0.2) is 0 Å². The van der Waals surface area contributed by atoms with E-state index in [1.54, 1.807) is 6.92 Å². The number of carbonyl (C=O) groups is 1. The van der Waals surface area contributed by atoms with Crippen LogP contribution in [0.4, 0.5) is 0 Å². The number of hydrogen-bond acceptors (Lipinski definition) is 4. The zero-order valence-corrected chi connectivity index (χ0v) is 9.69. The summed E-state index contributed by atoms with van der Waals surface area (Å²) in [6.07, 6.45) is 2.35. The highest BCUT2D eigenvalue weighted by atomic mass is 16.5. The van der Waals surface area contributed by atoms with Crippen molar-refractivity contribution in [1.29, 1.82) is 5.26 Å². The van der Waals surface area contributed by atoms with E-state index in [0.29, 0.717) is 12.5 Å². The fraction of sp³-hybridized carbons (Fsp3) is 0.833. The minimum atomic E-state index is -0.562. The van der Waals surface area contributed by atoms with Crippen LogP contribution >= 0.6 is 0 Å². The highest BCUT2D eigenvalue weighted by Gasteiger charge is 2.43. The van der Waals surface area contributed by atoms with Crippen LogP contribution in [0, 0.1) is 29.1 Å². The second kappa shape index (κ2) is 4.84. The van der Waals surface area contributed by atoms with Crippen molar-refractivity contribution in [3.05, 3.63) is 0 Å². The van der Waals surface area contributed by atoms with E-state index >= 15 is 0 Å². The maximum Gasteiger partial charge on any atom is 0.323 e. The number of fused-ring (bicyclic) bond motifs is 2. The fourth-order valence-corrected chi connectivity index (χ4v) is 2.99. The third kappa shape index (κ3) is 2.05. The van der Waals surface area contributed by atoms with Gasteiger partial charge in [-0.2, -0.15) is 5.26 Å². The van der Waals surface area contributed by atoms with E-state index in [9.17, 15) is 4.79 Å². The summed E-state index contributed by atoms with van der Waals surface area (Å²) in [5.74, 6) is -0.189. The predicted molar refractivity (Wildman–Crippen MR) is 58.4 cm³/mol. The van der Waals surface area contributed by atoms with Gasteiger partial charge >= 0.3 is 5.97 Å². The lowest BCUT2D eigenvalue weighted by Crippen LogP contribution is -2.29. The summed E-state index contributed by atoms with van der Waals surface area (Å²) in [5, 5.41) is 9.13. The van der Waals surface area contributed by atoms with Crippen LogP contribution in [0.5, 0.6) is 0 Å². The SMILES string of the molecule is CCOC(=O)C(C#N)C1CN2CCCC1C2. The number of hydrogen-bond donors (Lipinski definition) is 0. The molecular weight excluding hydrogens is 204 g/mol. The van der Waals surface area contributed by atoms with E-state index in [0.717, 1.165) is 26.1 Å². The monoisotopic (exact) mass is 222 g/mol. The molecule has 4 unspecified atom stereocenters. The van der Waals surface area contributed by atoms with Crippen molar-refractivity contribution in [2.75, 3.05) is 26.2 Å². The van der Waals surface area contributed by atoms with Crippen molar-refractivity contribution >= 4 is 5.97 Å². The van der Waals surface area contributed by atoms with Gasteiger partial charge in [-0.1, -0.05) is 0 Å². The van der Waals surface area contributed by atoms with Crippen LogP contribution in [-0.4, -0.2) is 37.1 Å². The Labute approximate surface area is 96.2 Å². The highest BCUT2D eigenvalue weighted by Crippen LogP contribution is 2.36. The average Bonchev–Trinajstić information content (AvgIpc) is 2.56. The molecule has 0 aromatic heterocycles. The topological polar surface area (TPSA) is 53.3 Å². The lowest BCUT2D eigenvalue weighted by Gasteiger charge is -2.23. The molecule has 16 heavy (non-hydrogen) atoms. The number of carbonyl (C=O) groups excluding carboxylic acids is 1. The first kappa shape index (κ1) is 11.4. The van der Waals surface area contributed by atoms with Crippen molar-refractivity contribution in [2.24, 2.45) is 17.8 Å². The zero-order valence-electron chi connectivity index (χ0n) is 9.69. The summed E-state index contributed by atoms with van der Waals surface area (Å²) in [4.78, 5) is 14.1. The average molecular weight is 222 g/mol. The van der Waals surface area contributed by atoms with Gasteiger partial charge < -0.3 is 9.64 Å². The van der Waals surface area contributed by atoms with Gasteiger partial charge in [-0.25, -0.2) is 0 Å². The number of rotatable bonds is 3. The van der Waals surface area contributed by atoms with E-state index < -0.39 is 5.92 Å². The Morgan fingerprint density at radius 3 is 3.06 bits per heavy atom. The third-order valence-electron chi connectivity index (χ3n) is 3.72. The molecule has 2 saturated heterocycles. The van der Waals surface area contributed by atoms with Crippen molar-refractivity contribution in [3.8, 4) is 6.07 Å². The van der Waals surface area contributed by atoms with Gasteiger partial charge in [0.05, 0.1) is 12.7 Å². The van der Waals surface area contributed by atoms with Gasteiger partial charge in [0.1, 0.15) is 5.92 Å². The number of esters is 1. The van der Waals surface area contributed by atoms with Gasteiger partial charge in [0.2, 0.25) is 0 Å². The van der Waals surface area contributed by atoms with E-state index in [-0.39, 0.29) is 11.9 Å². The molecule has 2 aliphatic heterocycles. The normalized spacial score (nSPS) is 34.1. The van der Waals surface area contributed by atoms with Crippen LogP contribution in [-0.2, 0) is 9.53 Å². The van der Waals surface area contributed by atoms with Crippen molar-refractivity contribution in [2.45, 2.75) is 19.8 Å². The lowest BCUT2D eigenvalue weighted by atomic mass is 9.82. The van der Waals surface area contributed by atoms with Crippen molar-refractivity contribution in [1.82, 2.24) is 4.90 Å². The summed E-state index contributed by atoms with van der Waals surface area (Å²) in [6, 6.07) is 2.14. The van der Waals surface area contributed by atoms with Crippen molar-refractivity contribution in [3.63, 3.8) is 0 Å². The molecule has 2 bridgehead atoms. The van der Waals surface area contributed by atoms with E-state index in [2.05, 4.69) is 11.0 Å². The van der Waals surface area contributed by atoms with Crippen molar-refractivity contribution < 1.29 is 9.53 Å². The molecule has 4 atom stereocenters. The first-order valence-corrected chi connectivity index (χ1v) is 6.05. The molecule has 2 fully saturated rings. The van der Waals surface area contributed by atoms with Gasteiger partial charge in [-0.3, -0.25) is 4.79 Å². The minimum absolute atomic E-state index is 0.187. The van der Waals surface area contributed by atoms with E-state index in [1.807, 2.05) is 0 Å². The molecule has 88 valence electrons. The smallest absolute Gasteiger partial charge is 0.323 e. The molecule has 0 aliphatic carbocycles. The van der Waals surface area contributed by atoms with E-state index in [1.165, 1.54) is 6.42 Å². The van der Waals surface area contributed by atoms with Gasteiger partial charge in [0, 0.05) is 19.0 Å². The van der Waals surface area contributed by atoms with Gasteiger partial charge in [0.25, 0.3) is 0 Å². The molecule has 4 heteroatoms. The Hall–Kier alpha value is -1.08. The highest BCUT2D eigenvalue weighted by molar-refractivity contribution is 5.75. The quantitative estimate of drug-likeness (QED) is 0.669. The van der Waals surface area contributed by atoms with Crippen LogP contribution in [0.25, 0.3) is 0 Å². The summed E-state index contributed by atoms with van der Waals surface area (Å²) in [6.45, 7) is 5.21. The molecule has 2 heterocycles. The van der Waals surface area contributed by atoms with Gasteiger partial charge in [-0.05, 0) is 32.2 Å². The summed E-state index contributed by atoms with van der Waals surface area (Å²) >= 11 is 0. The Morgan fingerprint density at radius 2 is 2.44 bits per heavy atom. The lowest BCUT2D eigenvalue weighted by molar-refractivity contribution is -0.147. The van der Waals surface area contributed by atoms with Crippen LogP contribution in [0.2, 0.25) is 0 Å². The Kier molecular flexibility index (Phi) is 3.45. The predicted octanol–water partition coefficient (Wildman–Crippen LogP) is 1.03. The molecule has 2 rings (SSSR count). The maximum atomic E-state index is 11.7. The van der Waals surface area contributed by atoms with Gasteiger partial charge in [-0.15, -0.1) is 0 Å². The minimum Gasteiger partial charge on any atom is -0.465 e. The first-order valence-electron chi connectivity index (χ1n) is 6.05.